The highest BCUT2D eigenvalue weighted by molar-refractivity contribution is 7.71. The van der Waals surface area contributed by atoms with E-state index in [0.29, 0.717) is 28.5 Å². The number of rotatable bonds is 8. The van der Waals surface area contributed by atoms with E-state index < -0.39 is 12.6 Å². The van der Waals surface area contributed by atoms with Crippen LogP contribution in [0.3, 0.4) is 0 Å². The van der Waals surface area contributed by atoms with Crippen LogP contribution in [0.1, 0.15) is 12.5 Å². The molecule has 1 aromatic heterocycles. The minimum Gasteiger partial charge on any atom is -0.494 e. The van der Waals surface area contributed by atoms with Crippen LogP contribution in [0.25, 0.3) is 11.4 Å². The zero-order chi connectivity index (χ0) is 19.9. The molecule has 1 heterocycles. The molecule has 0 fully saturated rings. The van der Waals surface area contributed by atoms with E-state index >= 15 is 0 Å². The van der Waals surface area contributed by atoms with Crippen LogP contribution in [0, 0.1) is 4.77 Å². The number of aromatic nitrogens is 3. The first-order valence-corrected chi connectivity index (χ1v) is 8.88. The highest BCUT2D eigenvalue weighted by atomic mass is 32.1. The van der Waals surface area contributed by atoms with Crippen molar-refractivity contribution in [1.82, 2.24) is 14.9 Å². The number of H-pyrrole nitrogens is 1. The molecule has 3 rings (SSSR count). The Balaban J connectivity index is 1.93. The molecule has 0 amide bonds. The summed E-state index contributed by atoms with van der Waals surface area (Å²) in [6.07, 6.45) is 1.54. The number of hydrogen-bond acceptors (Lipinski definition) is 6. The molecule has 0 aliphatic carbocycles. The van der Waals surface area contributed by atoms with Gasteiger partial charge in [-0.25, -0.2) is 9.89 Å². The summed E-state index contributed by atoms with van der Waals surface area (Å²) in [6.45, 7) is 2.03. The average Bonchev–Trinajstić information content (AvgIpc) is 3.06. The van der Waals surface area contributed by atoms with Gasteiger partial charge in [-0.1, -0.05) is 24.3 Å². The van der Waals surface area contributed by atoms with Crippen molar-refractivity contribution in [2.75, 3.05) is 13.2 Å². The third-order valence-corrected chi connectivity index (χ3v) is 3.90. The number of aromatic amines is 1. The Kier molecular flexibility index (Phi) is 6.18. The first-order chi connectivity index (χ1) is 13.6. The van der Waals surface area contributed by atoms with E-state index in [9.17, 15) is 4.79 Å². The Morgan fingerprint density at radius 2 is 2.11 bits per heavy atom. The fraction of sp³-hybridized carbons (Fsp3) is 0.158. The second-order valence-electron chi connectivity index (χ2n) is 5.59. The van der Waals surface area contributed by atoms with Gasteiger partial charge in [-0.2, -0.15) is 14.9 Å². The Labute approximate surface area is 166 Å². The van der Waals surface area contributed by atoms with E-state index in [2.05, 4.69) is 15.3 Å². The predicted octanol–water partition coefficient (Wildman–Crippen LogP) is 3.35. The summed E-state index contributed by atoms with van der Waals surface area (Å²) in [5.74, 6) is 0.590. The van der Waals surface area contributed by atoms with E-state index in [0.717, 1.165) is 11.3 Å². The first-order valence-electron chi connectivity index (χ1n) is 8.47. The summed E-state index contributed by atoms with van der Waals surface area (Å²) in [5, 5.41) is 20.2. The van der Waals surface area contributed by atoms with E-state index in [-0.39, 0.29) is 0 Å². The van der Waals surface area contributed by atoms with Crippen LogP contribution < -0.4 is 9.47 Å². The lowest BCUT2D eigenvalue weighted by Gasteiger charge is -2.07. The van der Waals surface area contributed by atoms with E-state index in [1.165, 1.54) is 4.68 Å². The summed E-state index contributed by atoms with van der Waals surface area (Å²) in [7, 11) is 0. The fourth-order valence-electron chi connectivity index (χ4n) is 2.46. The van der Waals surface area contributed by atoms with Crippen molar-refractivity contribution in [3.8, 4) is 22.9 Å². The van der Waals surface area contributed by atoms with Crippen molar-refractivity contribution in [3.63, 3.8) is 0 Å². The van der Waals surface area contributed by atoms with Gasteiger partial charge in [0.15, 0.2) is 12.4 Å². The van der Waals surface area contributed by atoms with Gasteiger partial charge >= 0.3 is 5.97 Å². The lowest BCUT2D eigenvalue weighted by Crippen LogP contribution is -2.10. The third kappa shape index (κ3) is 4.63. The summed E-state index contributed by atoms with van der Waals surface area (Å²) >= 11 is 5.28. The molecule has 0 atom stereocenters. The minimum atomic E-state index is -1.06. The van der Waals surface area contributed by atoms with Crippen molar-refractivity contribution in [3.05, 3.63) is 58.9 Å². The molecule has 9 heteroatoms. The zero-order valence-corrected chi connectivity index (χ0v) is 15.8. The molecule has 0 saturated carbocycles. The molecule has 8 nitrogen and oxygen atoms in total. The minimum absolute atomic E-state index is 0.317. The molecule has 0 spiro atoms. The van der Waals surface area contributed by atoms with Crippen LogP contribution in [-0.2, 0) is 4.79 Å². The third-order valence-electron chi connectivity index (χ3n) is 3.64. The SMILES string of the molecule is CCOc1cccc(-c2n[nH]c(=S)n2/N=C/c2ccccc2OCC(=O)O)c1. The van der Waals surface area contributed by atoms with Crippen LogP contribution in [0.4, 0.5) is 0 Å². The molecule has 0 saturated heterocycles. The van der Waals surface area contributed by atoms with E-state index in [4.69, 9.17) is 26.8 Å². The number of ether oxygens (including phenoxy) is 2. The highest BCUT2D eigenvalue weighted by Gasteiger charge is 2.10. The lowest BCUT2D eigenvalue weighted by molar-refractivity contribution is -0.139. The summed E-state index contributed by atoms with van der Waals surface area (Å²) in [4.78, 5) is 10.7. The fourth-order valence-corrected chi connectivity index (χ4v) is 2.63. The smallest absolute Gasteiger partial charge is 0.341 e. The molecule has 0 bridgehead atoms. The molecule has 0 aliphatic heterocycles. The summed E-state index contributed by atoms with van der Waals surface area (Å²) in [6, 6.07) is 14.4. The number of carbonyl (C=O) groups is 1. The molecule has 2 aromatic carbocycles. The van der Waals surface area contributed by atoms with Crippen LogP contribution in [0.5, 0.6) is 11.5 Å². The molecule has 28 heavy (non-hydrogen) atoms. The van der Waals surface area contributed by atoms with E-state index in [1.54, 1.807) is 30.5 Å². The average molecular weight is 398 g/mol. The van der Waals surface area contributed by atoms with Crippen molar-refractivity contribution in [1.29, 1.82) is 0 Å². The topological polar surface area (TPSA) is 102 Å². The number of aliphatic carboxylic acids is 1. The number of nitrogens with zero attached hydrogens (tertiary/aromatic N) is 3. The van der Waals surface area contributed by atoms with Crippen LogP contribution in [-0.4, -0.2) is 45.4 Å². The molecule has 2 N–H and O–H groups in total. The van der Waals surface area contributed by atoms with E-state index in [1.807, 2.05) is 31.2 Å². The highest BCUT2D eigenvalue weighted by Crippen LogP contribution is 2.23. The second-order valence-corrected chi connectivity index (χ2v) is 5.98. The van der Waals surface area contributed by atoms with Crippen LogP contribution in [0.2, 0.25) is 0 Å². The number of benzene rings is 2. The van der Waals surface area contributed by atoms with Gasteiger partial charge in [-0.05, 0) is 43.4 Å². The predicted molar refractivity (Wildman–Crippen MR) is 107 cm³/mol. The standard InChI is InChI=1S/C19H18N4O4S/c1-2-26-15-8-5-7-13(10-15)18-21-22-19(28)23(18)20-11-14-6-3-4-9-16(14)27-12-17(24)25/h3-11H,2,12H2,1H3,(H,22,28)(H,24,25)/b20-11+. The molecule has 0 unspecified atom stereocenters. The molecule has 0 aliphatic rings. The normalized spacial score (nSPS) is 10.9. The molecule has 144 valence electrons. The van der Waals surface area contributed by atoms with Gasteiger partial charge in [0.25, 0.3) is 0 Å². The number of nitrogens with one attached hydrogen (secondary N) is 1. The quantitative estimate of drug-likeness (QED) is 0.446. The number of para-hydroxylation sites is 1. The second kappa shape index (κ2) is 8.96. The first kappa shape index (κ1) is 19.3. The Morgan fingerprint density at radius 3 is 2.89 bits per heavy atom. The Morgan fingerprint density at radius 1 is 1.29 bits per heavy atom. The molecule has 3 aromatic rings. The Hall–Kier alpha value is -3.46. The molecular weight excluding hydrogens is 380 g/mol. The van der Waals surface area contributed by atoms with Gasteiger partial charge in [0.1, 0.15) is 11.5 Å². The Bertz CT molecular complexity index is 1060. The van der Waals surface area contributed by atoms with Crippen molar-refractivity contribution in [2.45, 2.75) is 6.92 Å². The maximum atomic E-state index is 10.7. The number of hydrogen-bond donors (Lipinski definition) is 2. The van der Waals surface area contributed by atoms with Gasteiger partial charge in [0, 0.05) is 11.1 Å². The van der Waals surface area contributed by atoms with Gasteiger partial charge in [-0.15, -0.1) is 0 Å². The van der Waals surface area contributed by atoms with Crippen molar-refractivity contribution >= 4 is 24.4 Å². The van der Waals surface area contributed by atoms with Crippen LogP contribution >= 0.6 is 12.2 Å². The largest absolute Gasteiger partial charge is 0.494 e. The number of carboxylic acid groups (broad SMARTS) is 1. The zero-order valence-electron chi connectivity index (χ0n) is 15.0. The number of carboxylic acids is 1. The monoisotopic (exact) mass is 398 g/mol. The maximum Gasteiger partial charge on any atom is 0.341 e. The van der Waals surface area contributed by atoms with Gasteiger partial charge in [0.05, 0.1) is 12.8 Å². The van der Waals surface area contributed by atoms with Crippen molar-refractivity contribution < 1.29 is 19.4 Å². The van der Waals surface area contributed by atoms with Gasteiger partial charge < -0.3 is 14.6 Å². The summed E-state index contributed by atoms with van der Waals surface area (Å²) in [5.41, 5.74) is 1.40. The van der Waals surface area contributed by atoms with Crippen molar-refractivity contribution in [2.24, 2.45) is 5.10 Å². The lowest BCUT2D eigenvalue weighted by atomic mass is 10.2. The molecule has 0 radical (unpaired) electrons. The van der Waals surface area contributed by atoms with Crippen LogP contribution in [0.15, 0.2) is 53.6 Å². The maximum absolute atomic E-state index is 10.7. The molecular formula is C19H18N4O4S. The summed E-state index contributed by atoms with van der Waals surface area (Å²) < 4.78 is 12.6. The van der Waals surface area contributed by atoms with Gasteiger partial charge in [0.2, 0.25) is 4.77 Å². The van der Waals surface area contributed by atoms with Gasteiger partial charge in [-0.3, -0.25) is 0 Å².